The zero-order chi connectivity index (χ0) is 13.3. The molecular weight excluding hydrogens is 222 g/mol. The van der Waals surface area contributed by atoms with Crippen LogP contribution in [0.3, 0.4) is 0 Å². The van der Waals surface area contributed by atoms with E-state index < -0.39 is 0 Å². The van der Waals surface area contributed by atoms with Crippen LogP contribution < -0.4 is 5.73 Å². The maximum Gasteiger partial charge on any atom is 0.0195 e. The SMILES string of the molecule is CCN1CCN(CC2CCC(C)(C)C2N)CC1C. The molecule has 3 unspecified atom stereocenters. The molecule has 1 saturated carbocycles. The van der Waals surface area contributed by atoms with E-state index in [1.54, 1.807) is 0 Å². The van der Waals surface area contributed by atoms with Crippen LogP contribution in [0.25, 0.3) is 0 Å². The summed E-state index contributed by atoms with van der Waals surface area (Å²) in [7, 11) is 0. The lowest BCUT2D eigenvalue weighted by atomic mass is 9.85. The van der Waals surface area contributed by atoms with Crippen molar-refractivity contribution in [3.63, 3.8) is 0 Å². The molecule has 2 rings (SSSR count). The van der Waals surface area contributed by atoms with Crippen molar-refractivity contribution in [3.8, 4) is 0 Å². The van der Waals surface area contributed by atoms with Gasteiger partial charge in [0.25, 0.3) is 0 Å². The van der Waals surface area contributed by atoms with Crippen molar-refractivity contribution in [2.75, 3.05) is 32.7 Å². The van der Waals surface area contributed by atoms with Crippen LogP contribution in [0.1, 0.15) is 40.5 Å². The lowest BCUT2D eigenvalue weighted by Gasteiger charge is -2.41. The predicted molar refractivity (Wildman–Crippen MR) is 77.6 cm³/mol. The van der Waals surface area contributed by atoms with Crippen LogP contribution in [0.2, 0.25) is 0 Å². The van der Waals surface area contributed by atoms with Crippen molar-refractivity contribution in [1.82, 2.24) is 9.80 Å². The summed E-state index contributed by atoms with van der Waals surface area (Å²) in [6, 6.07) is 1.09. The van der Waals surface area contributed by atoms with Crippen LogP contribution in [-0.4, -0.2) is 54.6 Å². The number of hydrogen-bond acceptors (Lipinski definition) is 3. The fourth-order valence-corrected chi connectivity index (χ4v) is 3.78. The van der Waals surface area contributed by atoms with Gasteiger partial charge in [0, 0.05) is 38.3 Å². The molecule has 0 aromatic rings. The van der Waals surface area contributed by atoms with Crippen LogP contribution >= 0.6 is 0 Å². The number of likely N-dealkylation sites (N-methyl/N-ethyl adjacent to an activating group) is 1. The predicted octanol–water partition coefficient (Wildman–Crippen LogP) is 1.78. The highest BCUT2D eigenvalue weighted by Crippen LogP contribution is 2.40. The van der Waals surface area contributed by atoms with Crippen LogP contribution in [0.4, 0.5) is 0 Å². The average Bonchev–Trinajstić information content (AvgIpc) is 2.57. The molecule has 18 heavy (non-hydrogen) atoms. The van der Waals surface area contributed by atoms with Crippen LogP contribution in [0.15, 0.2) is 0 Å². The van der Waals surface area contributed by atoms with Gasteiger partial charge in [-0.2, -0.15) is 0 Å². The highest BCUT2D eigenvalue weighted by molar-refractivity contribution is 4.95. The minimum absolute atomic E-state index is 0.349. The monoisotopic (exact) mass is 253 g/mol. The first-order valence-electron chi connectivity index (χ1n) is 7.66. The third-order valence-electron chi connectivity index (χ3n) is 5.32. The zero-order valence-corrected chi connectivity index (χ0v) is 12.7. The molecule has 1 aliphatic carbocycles. The van der Waals surface area contributed by atoms with E-state index in [9.17, 15) is 0 Å². The normalized spacial score (nSPS) is 38.2. The van der Waals surface area contributed by atoms with Gasteiger partial charge in [0.15, 0.2) is 0 Å². The number of piperazine rings is 1. The molecule has 1 saturated heterocycles. The smallest absolute Gasteiger partial charge is 0.0195 e. The third kappa shape index (κ3) is 2.89. The molecule has 0 spiro atoms. The third-order valence-corrected chi connectivity index (χ3v) is 5.32. The summed E-state index contributed by atoms with van der Waals surface area (Å²) in [5, 5.41) is 0. The van der Waals surface area contributed by atoms with Crippen LogP contribution in [0, 0.1) is 11.3 Å². The second kappa shape index (κ2) is 5.48. The first kappa shape index (κ1) is 14.3. The van der Waals surface area contributed by atoms with Gasteiger partial charge in [0.05, 0.1) is 0 Å². The van der Waals surface area contributed by atoms with Crippen molar-refractivity contribution >= 4 is 0 Å². The molecule has 0 radical (unpaired) electrons. The Morgan fingerprint density at radius 3 is 2.50 bits per heavy atom. The van der Waals surface area contributed by atoms with Crippen molar-refractivity contribution in [3.05, 3.63) is 0 Å². The fraction of sp³-hybridized carbons (Fsp3) is 1.00. The van der Waals surface area contributed by atoms with Gasteiger partial charge in [-0.25, -0.2) is 0 Å². The number of nitrogens with two attached hydrogens (primary N) is 1. The largest absolute Gasteiger partial charge is 0.327 e. The molecule has 106 valence electrons. The van der Waals surface area contributed by atoms with Crippen LogP contribution in [0.5, 0.6) is 0 Å². The molecule has 0 bridgehead atoms. The van der Waals surface area contributed by atoms with Gasteiger partial charge < -0.3 is 10.6 Å². The van der Waals surface area contributed by atoms with Gasteiger partial charge in [-0.3, -0.25) is 4.90 Å². The summed E-state index contributed by atoms with van der Waals surface area (Å²) in [6.07, 6.45) is 2.61. The maximum atomic E-state index is 6.42. The first-order chi connectivity index (χ1) is 8.44. The summed E-state index contributed by atoms with van der Waals surface area (Å²) in [4.78, 5) is 5.22. The van der Waals surface area contributed by atoms with Crippen molar-refractivity contribution in [2.45, 2.75) is 52.6 Å². The Labute approximate surface area is 113 Å². The number of nitrogens with zero attached hydrogens (tertiary/aromatic N) is 2. The summed E-state index contributed by atoms with van der Waals surface area (Å²) in [5.74, 6) is 0.709. The number of hydrogen-bond donors (Lipinski definition) is 1. The maximum absolute atomic E-state index is 6.42. The molecule has 3 heteroatoms. The molecule has 0 aromatic carbocycles. The Kier molecular flexibility index (Phi) is 4.35. The Balaban J connectivity index is 1.85. The molecule has 2 N–H and O–H groups in total. The lowest BCUT2D eigenvalue weighted by molar-refractivity contribution is 0.0739. The molecule has 3 nitrogen and oxygen atoms in total. The molecule has 0 aromatic heterocycles. The van der Waals surface area contributed by atoms with E-state index in [1.807, 2.05) is 0 Å². The first-order valence-corrected chi connectivity index (χ1v) is 7.66. The minimum atomic E-state index is 0.349. The van der Waals surface area contributed by atoms with E-state index in [-0.39, 0.29) is 0 Å². The second-order valence-corrected chi connectivity index (χ2v) is 7.05. The summed E-state index contributed by atoms with van der Waals surface area (Å²) >= 11 is 0. The Bertz CT molecular complexity index is 277. The van der Waals surface area contributed by atoms with Gasteiger partial charge in [0.2, 0.25) is 0 Å². The van der Waals surface area contributed by atoms with Gasteiger partial charge in [0.1, 0.15) is 0 Å². The fourth-order valence-electron chi connectivity index (χ4n) is 3.78. The van der Waals surface area contributed by atoms with Crippen molar-refractivity contribution in [2.24, 2.45) is 17.1 Å². The molecule has 2 fully saturated rings. The molecule has 2 aliphatic rings. The van der Waals surface area contributed by atoms with E-state index in [4.69, 9.17) is 5.73 Å². The summed E-state index contributed by atoms with van der Waals surface area (Å²) in [5.41, 5.74) is 6.77. The number of rotatable bonds is 3. The minimum Gasteiger partial charge on any atom is -0.327 e. The summed E-state index contributed by atoms with van der Waals surface area (Å²) in [6.45, 7) is 15.3. The van der Waals surface area contributed by atoms with E-state index >= 15 is 0 Å². The Morgan fingerprint density at radius 2 is 2.00 bits per heavy atom. The van der Waals surface area contributed by atoms with E-state index in [0.717, 1.165) is 0 Å². The molecule has 3 atom stereocenters. The lowest BCUT2D eigenvalue weighted by Crippen LogP contribution is -2.53. The Hall–Kier alpha value is -0.120. The second-order valence-electron chi connectivity index (χ2n) is 7.05. The molecule has 1 heterocycles. The molecule has 1 aliphatic heterocycles. The van der Waals surface area contributed by atoms with Crippen molar-refractivity contribution < 1.29 is 0 Å². The van der Waals surface area contributed by atoms with Gasteiger partial charge >= 0.3 is 0 Å². The zero-order valence-electron chi connectivity index (χ0n) is 12.7. The molecule has 0 amide bonds. The van der Waals surface area contributed by atoms with Crippen molar-refractivity contribution in [1.29, 1.82) is 0 Å². The van der Waals surface area contributed by atoms with Crippen LogP contribution in [-0.2, 0) is 0 Å². The molecular formula is C15H31N3. The van der Waals surface area contributed by atoms with E-state index in [1.165, 1.54) is 45.6 Å². The topological polar surface area (TPSA) is 32.5 Å². The highest BCUT2D eigenvalue weighted by atomic mass is 15.3. The average molecular weight is 253 g/mol. The van der Waals surface area contributed by atoms with Gasteiger partial charge in [-0.05, 0) is 37.6 Å². The Morgan fingerprint density at radius 1 is 1.28 bits per heavy atom. The van der Waals surface area contributed by atoms with E-state index in [2.05, 4.69) is 37.5 Å². The standard InChI is InChI=1S/C15H31N3/c1-5-18-9-8-17(10-12(18)2)11-13-6-7-15(3,4)14(13)16/h12-14H,5-11,16H2,1-4H3. The van der Waals surface area contributed by atoms with E-state index in [0.29, 0.717) is 23.4 Å². The van der Waals surface area contributed by atoms with Gasteiger partial charge in [-0.15, -0.1) is 0 Å². The highest BCUT2D eigenvalue weighted by Gasteiger charge is 2.40. The quantitative estimate of drug-likeness (QED) is 0.832. The van der Waals surface area contributed by atoms with Gasteiger partial charge in [-0.1, -0.05) is 20.8 Å². The summed E-state index contributed by atoms with van der Waals surface area (Å²) < 4.78 is 0.